The van der Waals surface area contributed by atoms with E-state index in [2.05, 4.69) is 40.7 Å². The van der Waals surface area contributed by atoms with Crippen LogP contribution in [0.5, 0.6) is 0 Å². The zero-order valence-electron chi connectivity index (χ0n) is 8.87. The first-order valence-corrected chi connectivity index (χ1v) is 7.70. The first-order valence-electron chi connectivity index (χ1n) is 5.49. The van der Waals surface area contributed by atoms with Crippen LogP contribution < -0.4 is 5.32 Å². The molecule has 4 heteroatoms. The van der Waals surface area contributed by atoms with Gasteiger partial charge in [0.05, 0.1) is 0 Å². The Kier molecular flexibility index (Phi) is 4.47. The van der Waals surface area contributed by atoms with Crippen molar-refractivity contribution in [2.24, 2.45) is 0 Å². The third kappa shape index (κ3) is 3.33. The van der Waals surface area contributed by atoms with E-state index in [1.165, 1.54) is 43.4 Å². The summed E-state index contributed by atoms with van der Waals surface area (Å²) in [6.45, 7) is 7.39. The van der Waals surface area contributed by atoms with Gasteiger partial charge in [0.2, 0.25) is 0 Å². The van der Waals surface area contributed by atoms with Crippen molar-refractivity contribution >= 4 is 23.5 Å². The third-order valence-electron chi connectivity index (χ3n) is 2.80. The lowest BCUT2D eigenvalue weighted by molar-refractivity contribution is 0.259. The maximum absolute atomic E-state index is 3.61. The standard InChI is InChI=1S/C10H20N2S2/c1-9-6-12(3-5-14-9)7-10-8-13-4-2-11-10/h9-11H,2-8H2,1H3. The van der Waals surface area contributed by atoms with Gasteiger partial charge in [0.1, 0.15) is 0 Å². The maximum Gasteiger partial charge on any atom is 0.0285 e. The molecule has 2 unspecified atom stereocenters. The number of thioether (sulfide) groups is 2. The van der Waals surface area contributed by atoms with E-state index in [1.807, 2.05) is 0 Å². The van der Waals surface area contributed by atoms with E-state index >= 15 is 0 Å². The highest BCUT2D eigenvalue weighted by atomic mass is 32.2. The van der Waals surface area contributed by atoms with Crippen LogP contribution in [0.3, 0.4) is 0 Å². The highest BCUT2D eigenvalue weighted by molar-refractivity contribution is 8.00. The minimum atomic E-state index is 0.740. The molecule has 14 heavy (non-hydrogen) atoms. The molecule has 0 aromatic rings. The van der Waals surface area contributed by atoms with Gasteiger partial charge in [-0.15, -0.1) is 0 Å². The molecule has 0 aromatic heterocycles. The van der Waals surface area contributed by atoms with Crippen LogP contribution in [0.4, 0.5) is 0 Å². The molecule has 2 saturated heterocycles. The van der Waals surface area contributed by atoms with Gasteiger partial charge in [-0.05, 0) is 0 Å². The molecule has 0 aliphatic carbocycles. The van der Waals surface area contributed by atoms with E-state index < -0.39 is 0 Å². The van der Waals surface area contributed by atoms with Gasteiger partial charge < -0.3 is 5.32 Å². The normalized spacial score (nSPS) is 35.8. The summed E-state index contributed by atoms with van der Waals surface area (Å²) in [5.41, 5.74) is 0. The van der Waals surface area contributed by atoms with E-state index in [0.29, 0.717) is 0 Å². The number of rotatable bonds is 2. The topological polar surface area (TPSA) is 15.3 Å². The number of hydrogen-bond acceptors (Lipinski definition) is 4. The molecule has 82 valence electrons. The van der Waals surface area contributed by atoms with Crippen molar-refractivity contribution in [3.63, 3.8) is 0 Å². The highest BCUT2D eigenvalue weighted by Gasteiger charge is 2.21. The number of hydrogen-bond donors (Lipinski definition) is 1. The van der Waals surface area contributed by atoms with Crippen molar-refractivity contribution in [1.82, 2.24) is 10.2 Å². The van der Waals surface area contributed by atoms with Crippen LogP contribution in [0.2, 0.25) is 0 Å². The Bertz CT molecular complexity index is 172. The van der Waals surface area contributed by atoms with Crippen LogP contribution >= 0.6 is 23.5 Å². The Morgan fingerprint density at radius 1 is 1.43 bits per heavy atom. The summed E-state index contributed by atoms with van der Waals surface area (Å²) in [5, 5.41) is 4.45. The van der Waals surface area contributed by atoms with E-state index in [4.69, 9.17) is 0 Å². The fraction of sp³-hybridized carbons (Fsp3) is 1.00. The predicted molar refractivity (Wildman–Crippen MR) is 67.5 cm³/mol. The molecule has 0 aromatic carbocycles. The molecule has 2 rings (SSSR count). The Labute approximate surface area is 95.6 Å². The Morgan fingerprint density at radius 2 is 2.36 bits per heavy atom. The number of nitrogens with one attached hydrogen (secondary N) is 1. The van der Waals surface area contributed by atoms with Crippen LogP contribution in [-0.4, -0.2) is 59.6 Å². The lowest BCUT2D eigenvalue weighted by Crippen LogP contribution is -2.49. The van der Waals surface area contributed by atoms with E-state index in [0.717, 1.165) is 11.3 Å². The third-order valence-corrected chi connectivity index (χ3v) is 5.07. The van der Waals surface area contributed by atoms with E-state index in [1.54, 1.807) is 0 Å². The molecule has 0 bridgehead atoms. The average molecular weight is 232 g/mol. The van der Waals surface area contributed by atoms with Crippen molar-refractivity contribution in [2.75, 3.05) is 43.4 Å². The summed E-state index contributed by atoms with van der Waals surface area (Å²) in [6.07, 6.45) is 0. The van der Waals surface area contributed by atoms with Crippen LogP contribution in [0.1, 0.15) is 6.92 Å². The molecule has 0 spiro atoms. The van der Waals surface area contributed by atoms with Gasteiger partial charge >= 0.3 is 0 Å². The largest absolute Gasteiger partial charge is 0.311 e. The Morgan fingerprint density at radius 3 is 3.07 bits per heavy atom. The molecular weight excluding hydrogens is 212 g/mol. The van der Waals surface area contributed by atoms with Crippen molar-refractivity contribution in [1.29, 1.82) is 0 Å². The SMILES string of the molecule is CC1CN(CC2CSCCN2)CCS1. The van der Waals surface area contributed by atoms with Gasteiger partial charge in [0, 0.05) is 54.7 Å². The van der Waals surface area contributed by atoms with Crippen molar-refractivity contribution in [3.8, 4) is 0 Å². The molecule has 2 heterocycles. The molecular formula is C10H20N2S2. The van der Waals surface area contributed by atoms with Gasteiger partial charge in [-0.25, -0.2) is 0 Å². The fourth-order valence-electron chi connectivity index (χ4n) is 2.11. The molecule has 0 radical (unpaired) electrons. The molecule has 2 aliphatic rings. The van der Waals surface area contributed by atoms with Gasteiger partial charge in [0.15, 0.2) is 0 Å². The van der Waals surface area contributed by atoms with Crippen LogP contribution in [0.15, 0.2) is 0 Å². The van der Waals surface area contributed by atoms with Gasteiger partial charge in [0.25, 0.3) is 0 Å². The molecule has 2 aliphatic heterocycles. The lowest BCUT2D eigenvalue weighted by atomic mass is 10.2. The van der Waals surface area contributed by atoms with Crippen LogP contribution in [-0.2, 0) is 0 Å². The average Bonchev–Trinajstić information content (AvgIpc) is 2.19. The van der Waals surface area contributed by atoms with Gasteiger partial charge in [-0.3, -0.25) is 4.90 Å². The molecule has 2 atom stereocenters. The van der Waals surface area contributed by atoms with E-state index in [-0.39, 0.29) is 0 Å². The fourth-order valence-corrected chi connectivity index (χ4v) is 4.12. The Balaban J connectivity index is 1.72. The summed E-state index contributed by atoms with van der Waals surface area (Å²) in [6, 6.07) is 0.740. The quantitative estimate of drug-likeness (QED) is 0.767. The molecule has 1 N–H and O–H groups in total. The lowest BCUT2D eigenvalue weighted by Gasteiger charge is -2.34. The Hall–Kier alpha value is 0.620. The molecule has 0 saturated carbocycles. The highest BCUT2D eigenvalue weighted by Crippen LogP contribution is 2.18. The summed E-state index contributed by atoms with van der Waals surface area (Å²) >= 11 is 4.21. The van der Waals surface area contributed by atoms with Crippen molar-refractivity contribution < 1.29 is 0 Å². The summed E-state index contributed by atoms with van der Waals surface area (Å²) in [5.74, 6) is 3.92. The monoisotopic (exact) mass is 232 g/mol. The van der Waals surface area contributed by atoms with Crippen LogP contribution in [0.25, 0.3) is 0 Å². The number of nitrogens with zero attached hydrogens (tertiary/aromatic N) is 1. The minimum absolute atomic E-state index is 0.740. The first-order chi connectivity index (χ1) is 6.84. The smallest absolute Gasteiger partial charge is 0.0285 e. The van der Waals surface area contributed by atoms with Gasteiger partial charge in [-0.2, -0.15) is 23.5 Å². The minimum Gasteiger partial charge on any atom is -0.311 e. The molecule has 2 nitrogen and oxygen atoms in total. The second kappa shape index (κ2) is 5.64. The second-order valence-corrected chi connectivity index (χ2v) is 6.86. The van der Waals surface area contributed by atoms with Crippen LogP contribution in [0, 0.1) is 0 Å². The zero-order chi connectivity index (χ0) is 9.80. The van der Waals surface area contributed by atoms with E-state index in [9.17, 15) is 0 Å². The maximum atomic E-state index is 3.61. The van der Waals surface area contributed by atoms with Crippen molar-refractivity contribution in [2.45, 2.75) is 18.2 Å². The zero-order valence-corrected chi connectivity index (χ0v) is 10.5. The molecule has 2 fully saturated rings. The predicted octanol–water partition coefficient (Wildman–Crippen LogP) is 1.13. The summed E-state index contributed by atoms with van der Waals surface area (Å²) in [7, 11) is 0. The summed E-state index contributed by atoms with van der Waals surface area (Å²) < 4.78 is 0. The van der Waals surface area contributed by atoms with Gasteiger partial charge in [-0.1, -0.05) is 6.92 Å². The summed E-state index contributed by atoms with van der Waals surface area (Å²) in [4.78, 5) is 2.63. The second-order valence-electron chi connectivity index (χ2n) is 4.17. The molecule has 0 amide bonds. The first kappa shape index (κ1) is 11.1. The van der Waals surface area contributed by atoms with Crippen molar-refractivity contribution in [3.05, 3.63) is 0 Å².